The molecule has 0 saturated heterocycles. The maximum Gasteiger partial charge on any atom is 0.276 e. The van der Waals surface area contributed by atoms with Crippen LogP contribution in [-0.4, -0.2) is 14.6 Å². The topological polar surface area (TPSA) is 71.7 Å². The van der Waals surface area contributed by atoms with Crippen LogP contribution in [0.15, 0.2) is 69.0 Å². The maximum absolute atomic E-state index is 12.2. The van der Waals surface area contributed by atoms with Gasteiger partial charge in [0.15, 0.2) is 0 Å². The number of nitrogens with one attached hydrogen (secondary N) is 1. The maximum atomic E-state index is 12.2. The first-order valence-corrected chi connectivity index (χ1v) is 9.76. The van der Waals surface area contributed by atoms with Crippen molar-refractivity contribution in [2.75, 3.05) is 0 Å². The summed E-state index contributed by atoms with van der Waals surface area (Å²) < 4.78 is 29.9. The average molecular weight is 409 g/mol. The van der Waals surface area contributed by atoms with Crippen molar-refractivity contribution in [3.8, 4) is 11.3 Å². The van der Waals surface area contributed by atoms with E-state index in [2.05, 4.69) is 9.93 Å². The molecule has 0 spiro atoms. The van der Waals surface area contributed by atoms with Crippen LogP contribution in [0.1, 0.15) is 11.3 Å². The highest BCUT2D eigenvalue weighted by Gasteiger charge is 2.12. The Balaban J connectivity index is 1.73. The van der Waals surface area contributed by atoms with E-state index in [-0.39, 0.29) is 4.90 Å². The van der Waals surface area contributed by atoms with E-state index < -0.39 is 10.0 Å². The molecule has 0 unspecified atom stereocenters. The quantitative estimate of drug-likeness (QED) is 0.483. The second-order valence-corrected chi connectivity index (χ2v) is 8.00. The lowest BCUT2D eigenvalue weighted by Gasteiger charge is -2.03. The standard InChI is InChI=1S/C18H14Cl2N2O3S/c1-12-2-6-15(7-3-12)26(23,24)22-21-11-14-5-9-18(25-14)16-8-4-13(19)10-17(16)20/h2-11,22H,1H3. The number of halogens is 2. The van der Waals surface area contributed by atoms with Crippen molar-refractivity contribution < 1.29 is 12.8 Å². The third-order valence-corrected chi connectivity index (χ3v) is 5.31. The van der Waals surface area contributed by atoms with Crippen LogP contribution in [-0.2, 0) is 10.0 Å². The largest absolute Gasteiger partial charge is 0.455 e. The summed E-state index contributed by atoms with van der Waals surface area (Å²) in [7, 11) is -3.73. The number of rotatable bonds is 5. The van der Waals surface area contributed by atoms with Gasteiger partial charge in [0.05, 0.1) is 16.1 Å². The fraction of sp³-hybridized carbons (Fsp3) is 0.0556. The van der Waals surface area contributed by atoms with E-state index in [0.717, 1.165) is 5.56 Å². The zero-order chi connectivity index (χ0) is 18.7. The first-order chi connectivity index (χ1) is 12.3. The lowest BCUT2D eigenvalue weighted by Crippen LogP contribution is -2.18. The molecule has 134 valence electrons. The highest BCUT2D eigenvalue weighted by Crippen LogP contribution is 2.31. The Kier molecular flexibility index (Phi) is 5.36. The number of aryl methyl sites for hydroxylation is 1. The summed E-state index contributed by atoms with van der Waals surface area (Å²) in [5, 5.41) is 4.72. The third kappa shape index (κ3) is 4.27. The fourth-order valence-electron chi connectivity index (χ4n) is 2.19. The molecule has 0 radical (unpaired) electrons. The molecule has 1 heterocycles. The van der Waals surface area contributed by atoms with Crippen molar-refractivity contribution >= 4 is 39.4 Å². The van der Waals surface area contributed by atoms with Gasteiger partial charge in [-0.05, 0) is 49.4 Å². The van der Waals surface area contributed by atoms with Crippen LogP contribution in [0.3, 0.4) is 0 Å². The van der Waals surface area contributed by atoms with Gasteiger partial charge in [0, 0.05) is 10.6 Å². The van der Waals surface area contributed by atoms with Gasteiger partial charge in [-0.2, -0.15) is 18.4 Å². The summed E-state index contributed by atoms with van der Waals surface area (Å²) in [6.45, 7) is 1.88. The van der Waals surface area contributed by atoms with Crippen LogP contribution in [0.5, 0.6) is 0 Å². The van der Waals surface area contributed by atoms with Crippen LogP contribution in [0.4, 0.5) is 0 Å². The van der Waals surface area contributed by atoms with Gasteiger partial charge in [-0.3, -0.25) is 0 Å². The van der Waals surface area contributed by atoms with Crippen LogP contribution < -0.4 is 4.83 Å². The minimum absolute atomic E-state index is 0.133. The Morgan fingerprint density at radius 2 is 1.77 bits per heavy atom. The Morgan fingerprint density at radius 1 is 1.04 bits per heavy atom. The zero-order valence-corrected chi connectivity index (χ0v) is 15.9. The minimum atomic E-state index is -3.73. The molecule has 8 heteroatoms. The van der Waals surface area contributed by atoms with E-state index in [1.165, 1.54) is 18.3 Å². The molecule has 3 aromatic rings. The highest BCUT2D eigenvalue weighted by atomic mass is 35.5. The van der Waals surface area contributed by atoms with Crippen molar-refractivity contribution in [3.05, 3.63) is 76.0 Å². The van der Waals surface area contributed by atoms with Gasteiger partial charge in [0.1, 0.15) is 11.5 Å². The summed E-state index contributed by atoms with van der Waals surface area (Å²) in [6, 6.07) is 14.9. The average Bonchev–Trinajstić information content (AvgIpc) is 3.03. The van der Waals surface area contributed by atoms with E-state index in [1.807, 2.05) is 6.92 Å². The molecule has 0 aliphatic rings. The van der Waals surface area contributed by atoms with Gasteiger partial charge < -0.3 is 4.42 Å². The normalized spacial score (nSPS) is 11.8. The zero-order valence-electron chi connectivity index (χ0n) is 13.6. The summed E-state index contributed by atoms with van der Waals surface area (Å²) in [6.07, 6.45) is 1.28. The monoisotopic (exact) mass is 408 g/mol. The van der Waals surface area contributed by atoms with Crippen molar-refractivity contribution in [1.29, 1.82) is 0 Å². The van der Waals surface area contributed by atoms with Crippen LogP contribution in [0, 0.1) is 6.92 Å². The molecule has 0 atom stereocenters. The molecule has 0 aliphatic heterocycles. The second kappa shape index (κ2) is 7.53. The fourth-order valence-corrected chi connectivity index (χ4v) is 3.48. The van der Waals surface area contributed by atoms with E-state index in [4.69, 9.17) is 27.6 Å². The molecule has 2 aromatic carbocycles. The van der Waals surface area contributed by atoms with Crippen LogP contribution in [0.2, 0.25) is 10.0 Å². The Morgan fingerprint density at radius 3 is 2.46 bits per heavy atom. The SMILES string of the molecule is Cc1ccc(S(=O)(=O)NN=Cc2ccc(-c3ccc(Cl)cc3Cl)o2)cc1. The lowest BCUT2D eigenvalue weighted by molar-refractivity contribution is 0.573. The Bertz CT molecular complexity index is 1060. The third-order valence-electron chi connectivity index (χ3n) is 3.52. The summed E-state index contributed by atoms with van der Waals surface area (Å²) in [5.41, 5.74) is 1.65. The molecular formula is C18H14Cl2N2O3S. The molecule has 5 nitrogen and oxygen atoms in total. The van der Waals surface area contributed by atoms with Crippen molar-refractivity contribution in [2.24, 2.45) is 5.10 Å². The van der Waals surface area contributed by atoms with E-state index in [1.54, 1.807) is 42.5 Å². The van der Waals surface area contributed by atoms with Crippen molar-refractivity contribution in [2.45, 2.75) is 11.8 Å². The number of nitrogens with zero attached hydrogens (tertiary/aromatic N) is 1. The highest BCUT2D eigenvalue weighted by molar-refractivity contribution is 7.89. The summed E-state index contributed by atoms with van der Waals surface area (Å²) in [5.74, 6) is 0.895. The minimum Gasteiger partial charge on any atom is -0.455 e. The van der Waals surface area contributed by atoms with Gasteiger partial charge in [0.2, 0.25) is 0 Å². The number of benzene rings is 2. The molecule has 0 saturated carbocycles. The number of hydrogen-bond acceptors (Lipinski definition) is 4. The lowest BCUT2D eigenvalue weighted by atomic mass is 10.2. The summed E-state index contributed by atoms with van der Waals surface area (Å²) >= 11 is 12.0. The van der Waals surface area contributed by atoms with Gasteiger partial charge in [-0.15, -0.1) is 0 Å². The van der Waals surface area contributed by atoms with Crippen LogP contribution in [0.25, 0.3) is 11.3 Å². The predicted octanol–water partition coefficient (Wildman–Crippen LogP) is 4.87. The van der Waals surface area contributed by atoms with Gasteiger partial charge in [-0.25, -0.2) is 0 Å². The smallest absolute Gasteiger partial charge is 0.276 e. The Labute approximate surface area is 161 Å². The number of hydrogen-bond donors (Lipinski definition) is 1. The molecule has 0 bridgehead atoms. The van der Waals surface area contributed by atoms with Gasteiger partial charge in [0.25, 0.3) is 10.0 Å². The first-order valence-electron chi connectivity index (χ1n) is 7.52. The molecular weight excluding hydrogens is 395 g/mol. The van der Waals surface area contributed by atoms with E-state index in [9.17, 15) is 8.42 Å². The molecule has 0 aliphatic carbocycles. The summed E-state index contributed by atoms with van der Waals surface area (Å²) in [4.78, 5) is 2.28. The van der Waals surface area contributed by atoms with Crippen molar-refractivity contribution in [3.63, 3.8) is 0 Å². The number of sulfonamides is 1. The predicted molar refractivity (Wildman–Crippen MR) is 103 cm³/mol. The van der Waals surface area contributed by atoms with E-state index in [0.29, 0.717) is 27.1 Å². The molecule has 1 N–H and O–H groups in total. The second-order valence-electron chi connectivity index (χ2n) is 5.49. The molecule has 26 heavy (non-hydrogen) atoms. The molecule has 0 fully saturated rings. The van der Waals surface area contributed by atoms with Crippen LogP contribution >= 0.6 is 23.2 Å². The van der Waals surface area contributed by atoms with Gasteiger partial charge in [-0.1, -0.05) is 40.9 Å². The first kappa shape index (κ1) is 18.5. The Hall–Kier alpha value is -2.28. The number of furan rings is 1. The molecule has 0 amide bonds. The van der Waals surface area contributed by atoms with Crippen molar-refractivity contribution in [1.82, 2.24) is 4.83 Å². The molecule has 3 rings (SSSR count). The number of hydrazone groups is 1. The van der Waals surface area contributed by atoms with E-state index >= 15 is 0 Å². The molecule has 1 aromatic heterocycles. The van der Waals surface area contributed by atoms with Gasteiger partial charge >= 0.3 is 0 Å².